The molecule has 0 aliphatic carbocycles. The summed E-state index contributed by atoms with van der Waals surface area (Å²) in [6, 6.07) is 10.7. The van der Waals surface area contributed by atoms with Gasteiger partial charge in [0.2, 0.25) is 5.91 Å². The molecule has 0 aromatic heterocycles. The van der Waals surface area contributed by atoms with Gasteiger partial charge in [0.05, 0.1) is 0 Å². The number of benzene rings is 1. The second kappa shape index (κ2) is 10.5. The van der Waals surface area contributed by atoms with E-state index < -0.39 is 0 Å². The Morgan fingerprint density at radius 2 is 1.82 bits per heavy atom. The molecule has 2 aliphatic heterocycles. The van der Waals surface area contributed by atoms with Crippen molar-refractivity contribution in [1.29, 1.82) is 0 Å². The lowest BCUT2D eigenvalue weighted by atomic mass is 10.1. The number of piperazine rings is 1. The van der Waals surface area contributed by atoms with Crippen LogP contribution >= 0.6 is 0 Å². The Bertz CT molecular complexity index is 640. The minimum absolute atomic E-state index is 0.170. The van der Waals surface area contributed by atoms with Gasteiger partial charge in [-0.05, 0) is 37.8 Å². The van der Waals surface area contributed by atoms with Crippen LogP contribution in [0.15, 0.2) is 35.3 Å². The van der Waals surface area contributed by atoms with Gasteiger partial charge in [0, 0.05) is 59.3 Å². The van der Waals surface area contributed by atoms with Crippen LogP contribution in [0.3, 0.4) is 0 Å². The zero-order valence-corrected chi connectivity index (χ0v) is 17.4. The molecule has 2 fully saturated rings. The topological polar surface area (TPSA) is 51.2 Å². The molecule has 154 valence electrons. The highest BCUT2D eigenvalue weighted by Gasteiger charge is 2.24. The number of hydrogen-bond donors (Lipinski definition) is 1. The van der Waals surface area contributed by atoms with Gasteiger partial charge in [-0.25, -0.2) is 0 Å². The van der Waals surface area contributed by atoms with Crippen LogP contribution in [0, 0.1) is 5.92 Å². The number of amides is 1. The first-order chi connectivity index (χ1) is 13.7. The van der Waals surface area contributed by atoms with Crippen molar-refractivity contribution in [3.63, 3.8) is 0 Å². The molecule has 3 rings (SSSR count). The first kappa shape index (κ1) is 20.6. The van der Waals surface area contributed by atoms with Crippen LogP contribution in [0.1, 0.15) is 25.8 Å². The molecule has 0 spiro atoms. The summed E-state index contributed by atoms with van der Waals surface area (Å²) >= 11 is 0. The Balaban J connectivity index is 1.45. The molecule has 2 heterocycles. The molecular weight excluding hydrogens is 350 g/mol. The Kier molecular flexibility index (Phi) is 7.71. The van der Waals surface area contributed by atoms with E-state index >= 15 is 0 Å². The summed E-state index contributed by atoms with van der Waals surface area (Å²) in [6.45, 7) is 12.3. The second-order valence-electron chi connectivity index (χ2n) is 7.88. The maximum absolute atomic E-state index is 11.5. The molecule has 6 heteroatoms. The molecule has 28 heavy (non-hydrogen) atoms. The Hall–Kier alpha value is -2.08. The van der Waals surface area contributed by atoms with Gasteiger partial charge in [-0.3, -0.25) is 9.79 Å². The Labute approximate surface area is 169 Å². The highest BCUT2D eigenvalue weighted by molar-refractivity contribution is 5.80. The highest BCUT2D eigenvalue weighted by Crippen LogP contribution is 2.17. The fraction of sp³-hybridized carbons (Fsp3) is 0.636. The summed E-state index contributed by atoms with van der Waals surface area (Å²) in [4.78, 5) is 23.3. The van der Waals surface area contributed by atoms with Gasteiger partial charge >= 0.3 is 0 Å². The van der Waals surface area contributed by atoms with Crippen molar-refractivity contribution in [1.82, 2.24) is 20.0 Å². The molecular formula is C22H35N5O. The van der Waals surface area contributed by atoms with Crippen molar-refractivity contribution in [2.24, 2.45) is 10.9 Å². The maximum atomic E-state index is 11.5. The first-order valence-electron chi connectivity index (χ1n) is 10.7. The number of carbonyl (C=O) groups is 1. The molecule has 2 saturated heterocycles. The number of guanidine groups is 1. The fourth-order valence-electron chi connectivity index (χ4n) is 4.07. The van der Waals surface area contributed by atoms with Gasteiger partial charge in [-0.2, -0.15) is 0 Å². The van der Waals surface area contributed by atoms with Crippen molar-refractivity contribution in [2.75, 3.05) is 58.9 Å². The molecule has 1 atom stereocenters. The third-order valence-corrected chi connectivity index (χ3v) is 5.79. The van der Waals surface area contributed by atoms with Crippen LogP contribution in [0.2, 0.25) is 0 Å². The lowest BCUT2D eigenvalue weighted by Crippen LogP contribution is -2.53. The Morgan fingerprint density at radius 1 is 1.11 bits per heavy atom. The average molecular weight is 386 g/mol. The molecule has 1 aromatic carbocycles. The van der Waals surface area contributed by atoms with E-state index in [-0.39, 0.29) is 5.91 Å². The molecule has 1 unspecified atom stereocenters. The van der Waals surface area contributed by atoms with Crippen LogP contribution in [0.25, 0.3) is 0 Å². The van der Waals surface area contributed by atoms with E-state index in [2.05, 4.69) is 52.4 Å². The standard InChI is InChI=1S/C22H35N5O/c1-3-23-22(27-15-13-26(14-16-27)19(2)28)24-17-21-10-12-25(18-21)11-9-20-7-5-4-6-8-20/h4-8,21H,3,9-18H2,1-2H3,(H,23,24). The van der Waals surface area contributed by atoms with Crippen molar-refractivity contribution in [3.8, 4) is 0 Å². The monoisotopic (exact) mass is 385 g/mol. The van der Waals surface area contributed by atoms with E-state index in [1.165, 1.54) is 18.5 Å². The summed E-state index contributed by atoms with van der Waals surface area (Å²) in [7, 11) is 0. The van der Waals surface area contributed by atoms with Crippen molar-refractivity contribution in [2.45, 2.75) is 26.7 Å². The van der Waals surface area contributed by atoms with Crippen molar-refractivity contribution >= 4 is 11.9 Å². The third kappa shape index (κ3) is 5.96. The molecule has 0 bridgehead atoms. The number of aliphatic imine (C=N–C) groups is 1. The third-order valence-electron chi connectivity index (χ3n) is 5.79. The quantitative estimate of drug-likeness (QED) is 0.598. The van der Waals surface area contributed by atoms with Crippen molar-refractivity contribution < 1.29 is 4.79 Å². The zero-order valence-electron chi connectivity index (χ0n) is 17.4. The van der Waals surface area contributed by atoms with Gasteiger partial charge < -0.3 is 20.0 Å². The molecule has 1 amide bonds. The molecule has 6 nitrogen and oxygen atoms in total. The summed E-state index contributed by atoms with van der Waals surface area (Å²) < 4.78 is 0. The predicted molar refractivity (Wildman–Crippen MR) is 114 cm³/mol. The smallest absolute Gasteiger partial charge is 0.219 e. The lowest BCUT2D eigenvalue weighted by Gasteiger charge is -2.36. The lowest BCUT2D eigenvalue weighted by molar-refractivity contribution is -0.130. The summed E-state index contributed by atoms with van der Waals surface area (Å²) in [5.74, 6) is 1.82. The van der Waals surface area contributed by atoms with Gasteiger partial charge in [-0.15, -0.1) is 0 Å². The minimum atomic E-state index is 0.170. The maximum Gasteiger partial charge on any atom is 0.219 e. The SMILES string of the molecule is CCNC(=NCC1CCN(CCc2ccccc2)C1)N1CCN(C(C)=O)CC1. The Morgan fingerprint density at radius 3 is 2.50 bits per heavy atom. The number of nitrogens with zero attached hydrogens (tertiary/aromatic N) is 4. The van der Waals surface area contributed by atoms with E-state index in [0.29, 0.717) is 5.92 Å². The van der Waals surface area contributed by atoms with Crippen LogP contribution in [-0.2, 0) is 11.2 Å². The molecule has 2 aliphatic rings. The highest BCUT2D eigenvalue weighted by atomic mass is 16.2. The predicted octanol–water partition coefficient (Wildman–Crippen LogP) is 1.68. The molecule has 1 N–H and O–H groups in total. The van der Waals surface area contributed by atoms with Gasteiger partial charge in [0.25, 0.3) is 0 Å². The van der Waals surface area contributed by atoms with E-state index in [1.54, 1.807) is 6.92 Å². The van der Waals surface area contributed by atoms with E-state index in [0.717, 1.165) is 64.7 Å². The summed E-state index contributed by atoms with van der Waals surface area (Å²) in [5.41, 5.74) is 1.42. The molecule has 0 radical (unpaired) electrons. The zero-order chi connectivity index (χ0) is 19.8. The largest absolute Gasteiger partial charge is 0.357 e. The fourth-order valence-corrected chi connectivity index (χ4v) is 4.07. The average Bonchev–Trinajstić information content (AvgIpc) is 3.18. The van der Waals surface area contributed by atoms with E-state index in [1.807, 2.05) is 4.90 Å². The number of likely N-dealkylation sites (tertiary alicyclic amines) is 1. The van der Waals surface area contributed by atoms with Crippen LogP contribution in [0.4, 0.5) is 0 Å². The number of hydrogen-bond acceptors (Lipinski definition) is 3. The second-order valence-corrected chi connectivity index (χ2v) is 7.88. The van der Waals surface area contributed by atoms with Crippen LogP contribution in [-0.4, -0.2) is 85.5 Å². The number of carbonyl (C=O) groups excluding carboxylic acids is 1. The normalized spacial score (nSPS) is 21.2. The van der Waals surface area contributed by atoms with E-state index in [4.69, 9.17) is 4.99 Å². The number of nitrogens with one attached hydrogen (secondary N) is 1. The van der Waals surface area contributed by atoms with Gasteiger partial charge in [-0.1, -0.05) is 30.3 Å². The van der Waals surface area contributed by atoms with Crippen LogP contribution in [0.5, 0.6) is 0 Å². The van der Waals surface area contributed by atoms with Gasteiger partial charge in [0.1, 0.15) is 0 Å². The summed E-state index contributed by atoms with van der Waals surface area (Å²) in [5, 5.41) is 3.44. The molecule has 1 aromatic rings. The minimum Gasteiger partial charge on any atom is -0.357 e. The van der Waals surface area contributed by atoms with Crippen molar-refractivity contribution in [3.05, 3.63) is 35.9 Å². The number of rotatable bonds is 6. The molecule has 0 saturated carbocycles. The first-order valence-corrected chi connectivity index (χ1v) is 10.7. The van der Waals surface area contributed by atoms with E-state index in [9.17, 15) is 4.79 Å². The summed E-state index contributed by atoms with van der Waals surface area (Å²) in [6.07, 6.45) is 2.36. The van der Waals surface area contributed by atoms with Gasteiger partial charge in [0.15, 0.2) is 5.96 Å². The van der Waals surface area contributed by atoms with Crippen LogP contribution < -0.4 is 5.32 Å².